The SMILES string of the molecule is C=C(N)c1ccccc1Nc1nc(Nc2ccc(N3CCNCC3)cc2)ncc1Cl. The lowest BCUT2D eigenvalue weighted by Crippen LogP contribution is -2.43. The summed E-state index contributed by atoms with van der Waals surface area (Å²) in [5.41, 5.74) is 10.0. The van der Waals surface area contributed by atoms with Crippen LogP contribution < -0.4 is 26.6 Å². The number of hydrogen-bond donors (Lipinski definition) is 4. The maximum Gasteiger partial charge on any atom is 0.229 e. The third-order valence-corrected chi connectivity index (χ3v) is 5.15. The summed E-state index contributed by atoms with van der Waals surface area (Å²) in [4.78, 5) is 11.2. The Balaban J connectivity index is 1.50. The minimum atomic E-state index is 0.409. The third kappa shape index (κ3) is 4.64. The van der Waals surface area contributed by atoms with Gasteiger partial charge in [0, 0.05) is 54.5 Å². The Morgan fingerprint density at radius 1 is 1.07 bits per heavy atom. The topological polar surface area (TPSA) is 91.1 Å². The highest BCUT2D eigenvalue weighted by atomic mass is 35.5. The zero-order valence-electron chi connectivity index (χ0n) is 16.5. The van der Waals surface area contributed by atoms with Crippen molar-refractivity contribution in [3.63, 3.8) is 0 Å². The van der Waals surface area contributed by atoms with Gasteiger partial charge in [0.15, 0.2) is 5.82 Å². The molecule has 1 aliphatic heterocycles. The van der Waals surface area contributed by atoms with Gasteiger partial charge in [-0.05, 0) is 30.3 Å². The molecule has 2 aromatic carbocycles. The Hall–Kier alpha value is -3.29. The van der Waals surface area contributed by atoms with E-state index < -0.39 is 0 Å². The number of hydrogen-bond acceptors (Lipinski definition) is 7. The second-order valence-electron chi connectivity index (χ2n) is 6.99. The predicted octanol–water partition coefficient (Wildman–Crippen LogP) is 3.96. The van der Waals surface area contributed by atoms with Gasteiger partial charge in [0.05, 0.1) is 6.20 Å². The molecule has 3 aromatic rings. The van der Waals surface area contributed by atoms with E-state index in [9.17, 15) is 0 Å². The molecule has 1 saturated heterocycles. The van der Waals surface area contributed by atoms with Crippen LogP contribution in [0.4, 0.5) is 28.8 Å². The number of nitrogens with one attached hydrogen (secondary N) is 3. The van der Waals surface area contributed by atoms with Crippen LogP contribution in [0.25, 0.3) is 5.70 Å². The molecule has 0 unspecified atom stereocenters. The lowest BCUT2D eigenvalue weighted by atomic mass is 10.1. The van der Waals surface area contributed by atoms with E-state index in [1.165, 1.54) is 5.69 Å². The zero-order chi connectivity index (χ0) is 20.9. The van der Waals surface area contributed by atoms with Gasteiger partial charge in [0.2, 0.25) is 5.95 Å². The first kappa shape index (κ1) is 20.0. The monoisotopic (exact) mass is 421 g/mol. The van der Waals surface area contributed by atoms with E-state index in [1.807, 2.05) is 36.4 Å². The van der Waals surface area contributed by atoms with Crippen LogP contribution in [0.15, 0.2) is 61.3 Å². The molecule has 0 aliphatic carbocycles. The Kier molecular flexibility index (Phi) is 6.02. The van der Waals surface area contributed by atoms with Crippen LogP contribution in [0.3, 0.4) is 0 Å². The van der Waals surface area contributed by atoms with Crippen molar-refractivity contribution in [2.24, 2.45) is 5.73 Å². The number of benzene rings is 2. The molecule has 0 amide bonds. The Bertz CT molecular complexity index is 1030. The molecular weight excluding hydrogens is 398 g/mol. The van der Waals surface area contributed by atoms with Gasteiger partial charge in [-0.3, -0.25) is 0 Å². The maximum atomic E-state index is 6.31. The number of halogens is 1. The van der Waals surface area contributed by atoms with Crippen molar-refractivity contribution in [3.8, 4) is 0 Å². The molecule has 0 spiro atoms. The van der Waals surface area contributed by atoms with Crippen LogP contribution >= 0.6 is 11.6 Å². The number of para-hydroxylation sites is 1. The first-order valence-corrected chi connectivity index (χ1v) is 10.1. The van der Waals surface area contributed by atoms with E-state index in [0.717, 1.165) is 43.1 Å². The molecule has 2 heterocycles. The molecule has 4 rings (SSSR count). The molecule has 30 heavy (non-hydrogen) atoms. The molecule has 0 radical (unpaired) electrons. The van der Waals surface area contributed by atoms with Crippen molar-refractivity contribution >= 4 is 46.1 Å². The van der Waals surface area contributed by atoms with E-state index in [4.69, 9.17) is 17.3 Å². The summed E-state index contributed by atoms with van der Waals surface area (Å²) >= 11 is 6.31. The molecule has 7 nitrogen and oxygen atoms in total. The van der Waals surface area contributed by atoms with Crippen molar-refractivity contribution in [3.05, 3.63) is 71.9 Å². The van der Waals surface area contributed by atoms with Crippen LogP contribution in [0, 0.1) is 0 Å². The molecule has 0 saturated carbocycles. The van der Waals surface area contributed by atoms with Crippen molar-refractivity contribution in [1.29, 1.82) is 0 Å². The first-order valence-electron chi connectivity index (χ1n) is 9.76. The molecule has 0 atom stereocenters. The fraction of sp³-hybridized carbons (Fsp3) is 0.182. The fourth-order valence-electron chi connectivity index (χ4n) is 3.32. The van der Waals surface area contributed by atoms with Crippen molar-refractivity contribution in [2.45, 2.75) is 0 Å². The first-order chi connectivity index (χ1) is 14.6. The highest BCUT2D eigenvalue weighted by molar-refractivity contribution is 6.33. The third-order valence-electron chi connectivity index (χ3n) is 4.88. The summed E-state index contributed by atoms with van der Waals surface area (Å²) in [6.45, 7) is 7.86. The summed E-state index contributed by atoms with van der Waals surface area (Å²) in [5.74, 6) is 0.932. The minimum absolute atomic E-state index is 0.409. The molecule has 0 bridgehead atoms. The Labute approximate surface area is 181 Å². The summed E-state index contributed by atoms with van der Waals surface area (Å²) in [6, 6.07) is 15.8. The number of nitrogens with zero attached hydrogens (tertiary/aromatic N) is 3. The summed E-state index contributed by atoms with van der Waals surface area (Å²) in [5, 5.41) is 10.2. The van der Waals surface area contributed by atoms with Gasteiger partial charge in [-0.25, -0.2) is 4.98 Å². The van der Waals surface area contributed by atoms with Crippen LogP contribution in [0.5, 0.6) is 0 Å². The van der Waals surface area contributed by atoms with Crippen molar-refractivity contribution < 1.29 is 0 Å². The molecular formula is C22H24ClN7. The summed E-state index contributed by atoms with van der Waals surface area (Å²) in [6.07, 6.45) is 1.56. The van der Waals surface area contributed by atoms with E-state index in [-0.39, 0.29) is 0 Å². The number of anilines is 5. The lowest BCUT2D eigenvalue weighted by Gasteiger charge is -2.29. The molecule has 8 heteroatoms. The van der Waals surface area contributed by atoms with Gasteiger partial charge < -0.3 is 26.6 Å². The van der Waals surface area contributed by atoms with E-state index in [0.29, 0.717) is 22.5 Å². The van der Waals surface area contributed by atoms with Crippen LogP contribution in [-0.2, 0) is 0 Å². The number of nitrogens with two attached hydrogens (primary N) is 1. The standard InChI is InChI=1S/C22H24ClN7/c1-15(24)18-4-2-3-5-20(18)28-21-19(23)14-26-22(29-21)27-16-6-8-17(9-7-16)30-12-10-25-11-13-30/h2-9,14,25H,1,10-13,24H2,(H2,26,27,28,29). The smallest absolute Gasteiger partial charge is 0.229 e. The van der Waals surface area contributed by atoms with Gasteiger partial charge in [-0.15, -0.1) is 0 Å². The molecule has 1 aliphatic rings. The largest absolute Gasteiger partial charge is 0.399 e. The molecule has 154 valence electrons. The number of aromatic nitrogens is 2. The van der Waals surface area contributed by atoms with Crippen LogP contribution in [0.2, 0.25) is 5.02 Å². The van der Waals surface area contributed by atoms with E-state index in [1.54, 1.807) is 6.20 Å². The average molecular weight is 422 g/mol. The van der Waals surface area contributed by atoms with Gasteiger partial charge in [0.1, 0.15) is 5.02 Å². The van der Waals surface area contributed by atoms with Crippen molar-refractivity contribution in [1.82, 2.24) is 15.3 Å². The molecule has 5 N–H and O–H groups in total. The van der Waals surface area contributed by atoms with Gasteiger partial charge in [0.25, 0.3) is 0 Å². The van der Waals surface area contributed by atoms with Crippen molar-refractivity contribution in [2.75, 3.05) is 41.7 Å². The second-order valence-corrected chi connectivity index (χ2v) is 7.40. The average Bonchev–Trinajstić information content (AvgIpc) is 2.77. The quantitative estimate of drug-likeness (QED) is 0.479. The van der Waals surface area contributed by atoms with Gasteiger partial charge >= 0.3 is 0 Å². The summed E-state index contributed by atoms with van der Waals surface area (Å²) < 4.78 is 0. The van der Waals surface area contributed by atoms with Crippen LogP contribution in [-0.4, -0.2) is 36.1 Å². The molecule has 1 fully saturated rings. The predicted molar refractivity (Wildman–Crippen MR) is 125 cm³/mol. The normalized spacial score (nSPS) is 13.7. The fourth-order valence-corrected chi connectivity index (χ4v) is 3.46. The highest BCUT2D eigenvalue weighted by Gasteiger charge is 2.12. The van der Waals surface area contributed by atoms with E-state index >= 15 is 0 Å². The minimum Gasteiger partial charge on any atom is -0.399 e. The summed E-state index contributed by atoms with van der Waals surface area (Å²) in [7, 11) is 0. The number of rotatable bonds is 6. The number of piperazine rings is 1. The second kappa shape index (κ2) is 9.02. The Morgan fingerprint density at radius 3 is 2.53 bits per heavy atom. The Morgan fingerprint density at radius 2 is 1.80 bits per heavy atom. The maximum absolute atomic E-state index is 6.31. The molecule has 1 aromatic heterocycles. The van der Waals surface area contributed by atoms with Gasteiger partial charge in [-0.1, -0.05) is 36.4 Å². The zero-order valence-corrected chi connectivity index (χ0v) is 17.3. The van der Waals surface area contributed by atoms with Gasteiger partial charge in [-0.2, -0.15) is 4.98 Å². The van der Waals surface area contributed by atoms with Crippen LogP contribution in [0.1, 0.15) is 5.56 Å². The van der Waals surface area contributed by atoms with E-state index in [2.05, 4.69) is 49.5 Å². The lowest BCUT2D eigenvalue weighted by molar-refractivity contribution is 0.589. The highest BCUT2D eigenvalue weighted by Crippen LogP contribution is 2.28.